The maximum atomic E-state index is 11.1. The Bertz CT molecular complexity index is 431. The quantitative estimate of drug-likeness (QED) is 0.900. The summed E-state index contributed by atoms with van der Waals surface area (Å²) in [6.07, 6.45) is 1.73. The smallest absolute Gasteiger partial charge is 0.220 e. The maximum Gasteiger partial charge on any atom is 0.220 e. The normalized spacial score (nSPS) is 17.3. The molecule has 1 aromatic rings. The second kappa shape index (κ2) is 6.91. The van der Waals surface area contributed by atoms with Gasteiger partial charge < -0.3 is 10.5 Å². The molecule has 0 radical (unpaired) electrons. The van der Waals surface area contributed by atoms with Crippen LogP contribution < -0.4 is 10.5 Å². The van der Waals surface area contributed by atoms with Crippen molar-refractivity contribution in [1.29, 1.82) is 0 Å². The number of nitrogens with zero attached hydrogens (tertiary/aromatic N) is 1. The fraction of sp³-hybridized carbons (Fsp3) is 0.500. The number of amides is 1. The third-order valence-corrected chi connectivity index (χ3v) is 3.96. The molecule has 1 amide bonds. The molecule has 0 aromatic heterocycles. The number of rotatable bonds is 5. The number of likely N-dealkylation sites (tertiary alicyclic amines) is 1. The second-order valence-electron chi connectivity index (χ2n) is 4.82. The number of ether oxygens (including phenoxy) is 1. The Balaban J connectivity index is 1.68. The van der Waals surface area contributed by atoms with Crippen LogP contribution in [0.25, 0.3) is 0 Å². The van der Waals surface area contributed by atoms with Crippen LogP contribution in [0.15, 0.2) is 28.7 Å². The largest absolute Gasteiger partial charge is 0.492 e. The van der Waals surface area contributed by atoms with E-state index in [1.807, 2.05) is 24.3 Å². The summed E-state index contributed by atoms with van der Waals surface area (Å²) in [6.45, 7) is 3.40. The van der Waals surface area contributed by atoms with Crippen LogP contribution in [0.1, 0.15) is 12.8 Å². The van der Waals surface area contributed by atoms with Crippen LogP contribution in [-0.2, 0) is 4.79 Å². The highest BCUT2D eigenvalue weighted by molar-refractivity contribution is 9.10. The summed E-state index contributed by atoms with van der Waals surface area (Å²) >= 11 is 3.42. The summed E-state index contributed by atoms with van der Waals surface area (Å²) in [5, 5.41) is 0. The molecular weight excluding hydrogens is 308 g/mol. The number of piperidine rings is 1. The third kappa shape index (κ3) is 4.51. The molecule has 104 valence electrons. The van der Waals surface area contributed by atoms with Gasteiger partial charge in [-0.2, -0.15) is 0 Å². The first kappa shape index (κ1) is 14.3. The summed E-state index contributed by atoms with van der Waals surface area (Å²) in [5.41, 5.74) is 5.32. The highest BCUT2D eigenvalue weighted by Crippen LogP contribution is 2.19. The standard InChI is InChI=1S/C14H19BrN2O2/c15-12-2-1-3-13(10-12)19-9-8-17-6-4-11(5-7-17)14(16)18/h1-3,10-11H,4-9H2,(H2,16,18). The molecule has 1 heterocycles. The summed E-state index contributed by atoms with van der Waals surface area (Å²) in [6, 6.07) is 7.84. The number of benzene rings is 1. The molecule has 5 heteroatoms. The number of hydrogen-bond donors (Lipinski definition) is 1. The molecule has 1 fully saturated rings. The lowest BCUT2D eigenvalue weighted by Crippen LogP contribution is -2.40. The minimum absolute atomic E-state index is 0.0576. The topological polar surface area (TPSA) is 55.6 Å². The van der Waals surface area contributed by atoms with Gasteiger partial charge >= 0.3 is 0 Å². The first-order chi connectivity index (χ1) is 9.15. The van der Waals surface area contributed by atoms with Crippen LogP contribution in [-0.4, -0.2) is 37.0 Å². The van der Waals surface area contributed by atoms with E-state index in [4.69, 9.17) is 10.5 Å². The van der Waals surface area contributed by atoms with Crippen molar-refractivity contribution in [2.24, 2.45) is 11.7 Å². The van der Waals surface area contributed by atoms with Crippen LogP contribution >= 0.6 is 15.9 Å². The van der Waals surface area contributed by atoms with E-state index in [0.717, 1.165) is 42.7 Å². The second-order valence-corrected chi connectivity index (χ2v) is 5.74. The Labute approximate surface area is 122 Å². The van der Waals surface area contributed by atoms with E-state index < -0.39 is 0 Å². The molecule has 0 aliphatic carbocycles. The van der Waals surface area contributed by atoms with Crippen LogP contribution in [0.4, 0.5) is 0 Å². The Morgan fingerprint density at radius 3 is 2.79 bits per heavy atom. The van der Waals surface area contributed by atoms with Gasteiger partial charge in [0.1, 0.15) is 12.4 Å². The van der Waals surface area contributed by atoms with E-state index in [1.165, 1.54) is 0 Å². The summed E-state index contributed by atoms with van der Waals surface area (Å²) in [4.78, 5) is 13.4. The van der Waals surface area contributed by atoms with Crippen molar-refractivity contribution in [2.75, 3.05) is 26.2 Å². The lowest BCUT2D eigenvalue weighted by atomic mass is 9.96. The van der Waals surface area contributed by atoms with Gasteiger partial charge in [0, 0.05) is 16.9 Å². The predicted octanol–water partition coefficient (Wildman–Crippen LogP) is 2.03. The van der Waals surface area contributed by atoms with Crippen LogP contribution in [0, 0.1) is 5.92 Å². The number of carbonyl (C=O) groups excluding carboxylic acids is 1. The van der Waals surface area contributed by atoms with Gasteiger partial charge in [0.25, 0.3) is 0 Å². The fourth-order valence-corrected chi connectivity index (χ4v) is 2.67. The lowest BCUT2D eigenvalue weighted by Gasteiger charge is -2.30. The molecular formula is C14H19BrN2O2. The monoisotopic (exact) mass is 326 g/mol. The molecule has 1 aliphatic heterocycles. The molecule has 1 aliphatic rings. The Kier molecular flexibility index (Phi) is 5.22. The van der Waals surface area contributed by atoms with Gasteiger partial charge in [-0.3, -0.25) is 9.69 Å². The summed E-state index contributed by atoms with van der Waals surface area (Å²) in [5.74, 6) is 0.772. The average Bonchev–Trinajstić information content (AvgIpc) is 2.39. The van der Waals surface area contributed by atoms with Crippen molar-refractivity contribution in [3.63, 3.8) is 0 Å². The highest BCUT2D eigenvalue weighted by atomic mass is 79.9. The van der Waals surface area contributed by atoms with E-state index in [-0.39, 0.29) is 11.8 Å². The van der Waals surface area contributed by atoms with Gasteiger partial charge in [0.15, 0.2) is 0 Å². The molecule has 0 bridgehead atoms. The van der Waals surface area contributed by atoms with Crippen LogP contribution in [0.5, 0.6) is 5.75 Å². The van der Waals surface area contributed by atoms with Crippen molar-refractivity contribution < 1.29 is 9.53 Å². The van der Waals surface area contributed by atoms with E-state index in [9.17, 15) is 4.79 Å². The summed E-state index contributed by atoms with van der Waals surface area (Å²) < 4.78 is 6.72. The number of halogens is 1. The zero-order valence-electron chi connectivity index (χ0n) is 10.8. The molecule has 2 N–H and O–H groups in total. The van der Waals surface area contributed by atoms with Crippen molar-refractivity contribution in [2.45, 2.75) is 12.8 Å². The molecule has 19 heavy (non-hydrogen) atoms. The van der Waals surface area contributed by atoms with E-state index in [1.54, 1.807) is 0 Å². The Morgan fingerprint density at radius 2 is 2.16 bits per heavy atom. The molecule has 1 aromatic carbocycles. The molecule has 2 rings (SSSR count). The predicted molar refractivity (Wildman–Crippen MR) is 78.0 cm³/mol. The third-order valence-electron chi connectivity index (χ3n) is 3.46. The van der Waals surface area contributed by atoms with Crippen molar-refractivity contribution in [1.82, 2.24) is 4.90 Å². The Morgan fingerprint density at radius 1 is 1.42 bits per heavy atom. The maximum absolute atomic E-state index is 11.1. The lowest BCUT2D eigenvalue weighted by molar-refractivity contribution is -0.123. The first-order valence-corrected chi connectivity index (χ1v) is 7.34. The zero-order valence-corrected chi connectivity index (χ0v) is 12.4. The highest BCUT2D eigenvalue weighted by Gasteiger charge is 2.22. The van der Waals surface area contributed by atoms with Crippen LogP contribution in [0.2, 0.25) is 0 Å². The molecule has 0 atom stereocenters. The molecule has 1 saturated heterocycles. The van der Waals surface area contributed by atoms with E-state index in [2.05, 4.69) is 20.8 Å². The number of hydrogen-bond acceptors (Lipinski definition) is 3. The van der Waals surface area contributed by atoms with Gasteiger partial charge in [-0.15, -0.1) is 0 Å². The molecule has 0 spiro atoms. The van der Waals surface area contributed by atoms with Gasteiger partial charge in [-0.25, -0.2) is 0 Å². The minimum Gasteiger partial charge on any atom is -0.492 e. The van der Waals surface area contributed by atoms with Crippen molar-refractivity contribution >= 4 is 21.8 Å². The first-order valence-electron chi connectivity index (χ1n) is 6.55. The van der Waals surface area contributed by atoms with Gasteiger partial charge in [-0.05, 0) is 44.1 Å². The molecule has 4 nitrogen and oxygen atoms in total. The zero-order chi connectivity index (χ0) is 13.7. The van der Waals surface area contributed by atoms with Gasteiger partial charge in [-0.1, -0.05) is 22.0 Å². The minimum atomic E-state index is -0.162. The van der Waals surface area contributed by atoms with Gasteiger partial charge in [0.05, 0.1) is 0 Å². The SMILES string of the molecule is NC(=O)C1CCN(CCOc2cccc(Br)c2)CC1. The Hall–Kier alpha value is -1.07. The van der Waals surface area contributed by atoms with Crippen LogP contribution in [0.3, 0.4) is 0 Å². The van der Waals surface area contributed by atoms with E-state index >= 15 is 0 Å². The fourth-order valence-electron chi connectivity index (χ4n) is 2.29. The van der Waals surface area contributed by atoms with Crippen molar-refractivity contribution in [3.05, 3.63) is 28.7 Å². The molecule has 0 unspecified atom stereocenters. The number of nitrogens with two attached hydrogens (primary N) is 1. The summed E-state index contributed by atoms with van der Waals surface area (Å²) in [7, 11) is 0. The number of primary amides is 1. The average molecular weight is 327 g/mol. The van der Waals surface area contributed by atoms with Gasteiger partial charge in [0.2, 0.25) is 5.91 Å². The van der Waals surface area contributed by atoms with Crippen molar-refractivity contribution in [3.8, 4) is 5.75 Å². The van der Waals surface area contributed by atoms with E-state index in [0.29, 0.717) is 6.61 Å². The number of carbonyl (C=O) groups is 1. The molecule has 0 saturated carbocycles.